The standard InChI is InChI=1S/C18H21NO3/c1-14-6-3-9-17(12-14)22-11-5-10-18(20)19-15-7-4-8-16(13-15)21-2/h3-4,6-9,12-13H,5,10-11H2,1-2H3,(H,19,20). The van der Waals surface area contributed by atoms with Crippen molar-refractivity contribution in [2.24, 2.45) is 0 Å². The minimum absolute atomic E-state index is 0.0268. The molecule has 2 rings (SSSR count). The van der Waals surface area contributed by atoms with Gasteiger partial charge in [-0.25, -0.2) is 0 Å². The zero-order valence-corrected chi connectivity index (χ0v) is 13.0. The van der Waals surface area contributed by atoms with E-state index in [1.165, 1.54) is 0 Å². The Morgan fingerprint density at radius 3 is 2.64 bits per heavy atom. The van der Waals surface area contributed by atoms with Crippen LogP contribution in [0.25, 0.3) is 0 Å². The monoisotopic (exact) mass is 299 g/mol. The van der Waals surface area contributed by atoms with Gasteiger partial charge in [0.2, 0.25) is 5.91 Å². The molecule has 0 aromatic heterocycles. The van der Waals surface area contributed by atoms with E-state index in [-0.39, 0.29) is 5.91 Å². The van der Waals surface area contributed by atoms with Crippen LogP contribution in [0, 0.1) is 6.92 Å². The van der Waals surface area contributed by atoms with E-state index in [0.29, 0.717) is 19.4 Å². The van der Waals surface area contributed by atoms with Gasteiger partial charge >= 0.3 is 0 Å². The number of benzene rings is 2. The second kappa shape index (κ2) is 8.08. The molecule has 2 aromatic carbocycles. The quantitative estimate of drug-likeness (QED) is 0.791. The second-order valence-electron chi connectivity index (χ2n) is 5.05. The number of hydrogen-bond donors (Lipinski definition) is 1. The van der Waals surface area contributed by atoms with E-state index in [1.54, 1.807) is 13.2 Å². The number of ether oxygens (including phenoxy) is 2. The van der Waals surface area contributed by atoms with Crippen molar-refractivity contribution in [3.8, 4) is 11.5 Å². The lowest BCUT2D eigenvalue weighted by molar-refractivity contribution is -0.116. The van der Waals surface area contributed by atoms with Gasteiger partial charge in [-0.3, -0.25) is 4.79 Å². The van der Waals surface area contributed by atoms with Crippen LogP contribution in [-0.2, 0) is 4.79 Å². The summed E-state index contributed by atoms with van der Waals surface area (Å²) in [5.41, 5.74) is 1.90. The first-order valence-corrected chi connectivity index (χ1v) is 7.31. The molecule has 1 N–H and O–H groups in total. The van der Waals surface area contributed by atoms with Crippen molar-refractivity contribution in [3.05, 3.63) is 54.1 Å². The van der Waals surface area contributed by atoms with E-state index < -0.39 is 0 Å². The Kier molecular flexibility index (Phi) is 5.83. The van der Waals surface area contributed by atoms with E-state index in [2.05, 4.69) is 5.32 Å². The molecular formula is C18H21NO3. The number of rotatable bonds is 7. The summed E-state index contributed by atoms with van der Waals surface area (Å²) in [4.78, 5) is 11.9. The first-order chi connectivity index (χ1) is 10.7. The molecule has 0 aliphatic rings. The van der Waals surface area contributed by atoms with Crippen LogP contribution in [0.4, 0.5) is 5.69 Å². The second-order valence-corrected chi connectivity index (χ2v) is 5.05. The molecule has 0 atom stereocenters. The fraction of sp³-hybridized carbons (Fsp3) is 0.278. The molecule has 0 radical (unpaired) electrons. The number of aryl methyl sites for hydroxylation is 1. The highest BCUT2D eigenvalue weighted by Crippen LogP contribution is 2.17. The molecule has 4 heteroatoms. The van der Waals surface area contributed by atoms with Gasteiger partial charge in [0, 0.05) is 18.2 Å². The predicted octanol–water partition coefficient (Wildman–Crippen LogP) is 3.80. The van der Waals surface area contributed by atoms with E-state index in [9.17, 15) is 4.79 Å². The van der Waals surface area contributed by atoms with Gasteiger partial charge in [0.15, 0.2) is 0 Å². The smallest absolute Gasteiger partial charge is 0.224 e. The average Bonchev–Trinajstić information content (AvgIpc) is 2.52. The number of nitrogens with one attached hydrogen (secondary N) is 1. The van der Waals surface area contributed by atoms with Crippen molar-refractivity contribution < 1.29 is 14.3 Å². The van der Waals surface area contributed by atoms with Gasteiger partial charge in [0.1, 0.15) is 11.5 Å². The molecular weight excluding hydrogens is 278 g/mol. The summed E-state index contributed by atoms with van der Waals surface area (Å²) in [6.45, 7) is 2.55. The maximum absolute atomic E-state index is 11.9. The van der Waals surface area contributed by atoms with Gasteiger partial charge in [0.25, 0.3) is 0 Å². The van der Waals surface area contributed by atoms with Crippen molar-refractivity contribution in [2.75, 3.05) is 19.0 Å². The normalized spacial score (nSPS) is 10.1. The highest BCUT2D eigenvalue weighted by atomic mass is 16.5. The van der Waals surface area contributed by atoms with Crippen molar-refractivity contribution >= 4 is 11.6 Å². The molecule has 2 aromatic rings. The molecule has 0 fully saturated rings. The number of hydrogen-bond acceptors (Lipinski definition) is 3. The number of amides is 1. The third-order valence-corrected chi connectivity index (χ3v) is 3.16. The summed E-state index contributed by atoms with van der Waals surface area (Å²) in [6, 6.07) is 15.2. The van der Waals surface area contributed by atoms with Crippen LogP contribution in [0.5, 0.6) is 11.5 Å². The molecule has 1 amide bonds. The maximum atomic E-state index is 11.9. The Morgan fingerprint density at radius 1 is 1.09 bits per heavy atom. The Morgan fingerprint density at radius 2 is 1.86 bits per heavy atom. The largest absolute Gasteiger partial charge is 0.497 e. The maximum Gasteiger partial charge on any atom is 0.224 e. The fourth-order valence-electron chi connectivity index (χ4n) is 2.05. The molecule has 0 aliphatic heterocycles. The Bertz CT molecular complexity index is 625. The first kappa shape index (κ1) is 15.9. The minimum atomic E-state index is -0.0268. The third kappa shape index (κ3) is 5.13. The van der Waals surface area contributed by atoms with Gasteiger partial charge in [-0.2, -0.15) is 0 Å². The summed E-state index contributed by atoms with van der Waals surface area (Å²) in [7, 11) is 1.60. The third-order valence-electron chi connectivity index (χ3n) is 3.16. The molecule has 0 bridgehead atoms. The van der Waals surface area contributed by atoms with E-state index >= 15 is 0 Å². The fourth-order valence-corrected chi connectivity index (χ4v) is 2.05. The van der Waals surface area contributed by atoms with Crippen molar-refractivity contribution in [1.82, 2.24) is 0 Å². The number of carbonyl (C=O) groups is 1. The molecule has 0 unspecified atom stereocenters. The molecule has 4 nitrogen and oxygen atoms in total. The number of anilines is 1. The molecule has 22 heavy (non-hydrogen) atoms. The lowest BCUT2D eigenvalue weighted by Crippen LogP contribution is -2.12. The Hall–Kier alpha value is -2.49. The van der Waals surface area contributed by atoms with E-state index in [1.807, 2.05) is 49.4 Å². The highest BCUT2D eigenvalue weighted by Gasteiger charge is 2.03. The number of carbonyl (C=O) groups excluding carboxylic acids is 1. The lowest BCUT2D eigenvalue weighted by Gasteiger charge is -2.08. The van der Waals surface area contributed by atoms with Crippen LogP contribution in [0.1, 0.15) is 18.4 Å². The summed E-state index contributed by atoms with van der Waals surface area (Å²) in [5, 5.41) is 2.85. The zero-order chi connectivity index (χ0) is 15.8. The summed E-state index contributed by atoms with van der Waals surface area (Å²) in [5.74, 6) is 1.54. The van der Waals surface area contributed by atoms with Gasteiger partial charge in [-0.15, -0.1) is 0 Å². The van der Waals surface area contributed by atoms with Crippen LogP contribution in [0.2, 0.25) is 0 Å². The van der Waals surface area contributed by atoms with Crippen LogP contribution < -0.4 is 14.8 Å². The Labute approximate surface area is 131 Å². The summed E-state index contributed by atoms with van der Waals surface area (Å²) < 4.78 is 10.7. The Balaban J connectivity index is 1.71. The molecule has 0 heterocycles. The van der Waals surface area contributed by atoms with Gasteiger partial charge in [-0.05, 0) is 43.2 Å². The molecule has 0 aliphatic carbocycles. The molecule has 0 saturated heterocycles. The first-order valence-electron chi connectivity index (χ1n) is 7.31. The van der Waals surface area contributed by atoms with Crippen LogP contribution in [0.3, 0.4) is 0 Å². The van der Waals surface area contributed by atoms with Crippen LogP contribution in [-0.4, -0.2) is 19.6 Å². The lowest BCUT2D eigenvalue weighted by atomic mass is 10.2. The summed E-state index contributed by atoms with van der Waals surface area (Å²) >= 11 is 0. The summed E-state index contributed by atoms with van der Waals surface area (Å²) in [6.07, 6.45) is 1.09. The number of methoxy groups -OCH3 is 1. The molecule has 116 valence electrons. The van der Waals surface area contributed by atoms with Crippen molar-refractivity contribution in [3.63, 3.8) is 0 Å². The van der Waals surface area contributed by atoms with Crippen molar-refractivity contribution in [2.45, 2.75) is 19.8 Å². The van der Waals surface area contributed by atoms with E-state index in [4.69, 9.17) is 9.47 Å². The van der Waals surface area contributed by atoms with Gasteiger partial charge < -0.3 is 14.8 Å². The van der Waals surface area contributed by atoms with Crippen molar-refractivity contribution in [1.29, 1.82) is 0 Å². The van der Waals surface area contributed by atoms with Gasteiger partial charge in [0.05, 0.1) is 13.7 Å². The minimum Gasteiger partial charge on any atom is -0.497 e. The zero-order valence-electron chi connectivity index (χ0n) is 13.0. The highest BCUT2D eigenvalue weighted by molar-refractivity contribution is 5.90. The van der Waals surface area contributed by atoms with Gasteiger partial charge in [-0.1, -0.05) is 18.2 Å². The van der Waals surface area contributed by atoms with E-state index in [0.717, 1.165) is 22.7 Å². The average molecular weight is 299 g/mol. The van der Waals surface area contributed by atoms with Crippen LogP contribution >= 0.6 is 0 Å². The predicted molar refractivity (Wildman–Crippen MR) is 87.5 cm³/mol. The SMILES string of the molecule is COc1cccc(NC(=O)CCCOc2cccc(C)c2)c1. The topological polar surface area (TPSA) is 47.6 Å². The molecule has 0 saturated carbocycles. The van der Waals surface area contributed by atoms with Crippen LogP contribution in [0.15, 0.2) is 48.5 Å². The molecule has 0 spiro atoms.